The predicted molar refractivity (Wildman–Crippen MR) is 106 cm³/mol. The third-order valence-corrected chi connectivity index (χ3v) is 6.06. The summed E-state index contributed by atoms with van der Waals surface area (Å²) in [6.07, 6.45) is 3.02. The number of ether oxygens (including phenoxy) is 1. The normalized spacial score (nSPS) is 20.4. The fourth-order valence-corrected chi connectivity index (χ4v) is 4.13. The van der Waals surface area contributed by atoms with E-state index in [0.717, 1.165) is 49.2 Å². The van der Waals surface area contributed by atoms with Crippen LogP contribution < -0.4 is 10.1 Å². The summed E-state index contributed by atoms with van der Waals surface area (Å²) in [6, 6.07) is 7.72. The number of hydrogen-bond donors (Lipinski definition) is 1. The van der Waals surface area contributed by atoms with Crippen LogP contribution in [0.2, 0.25) is 0 Å². The van der Waals surface area contributed by atoms with Crippen LogP contribution in [0.1, 0.15) is 33.1 Å². The quantitative estimate of drug-likeness (QED) is 0.786. The van der Waals surface area contributed by atoms with Crippen molar-refractivity contribution < 1.29 is 9.53 Å². The van der Waals surface area contributed by atoms with Crippen molar-refractivity contribution in [3.8, 4) is 5.75 Å². The number of carbonyl (C=O) groups is 1. The highest BCUT2D eigenvalue weighted by Crippen LogP contribution is 2.37. The second-order valence-electron chi connectivity index (χ2n) is 7.46. The summed E-state index contributed by atoms with van der Waals surface area (Å²) in [4.78, 5) is 15.0. The van der Waals surface area contributed by atoms with Crippen LogP contribution in [0, 0.1) is 11.3 Å². The van der Waals surface area contributed by atoms with Crippen molar-refractivity contribution in [2.75, 3.05) is 26.2 Å². The number of nitrogens with one attached hydrogen (secondary N) is 1. The number of benzene rings is 1. The maximum atomic E-state index is 13.0. The maximum absolute atomic E-state index is 13.0. The first kappa shape index (κ1) is 20.5. The number of rotatable bonds is 4. The van der Waals surface area contributed by atoms with Crippen molar-refractivity contribution >= 4 is 34.2 Å². The molecule has 3 rings (SSSR count). The lowest BCUT2D eigenvalue weighted by Gasteiger charge is -2.40. The van der Waals surface area contributed by atoms with E-state index in [1.54, 1.807) is 0 Å². The van der Waals surface area contributed by atoms with Crippen molar-refractivity contribution in [1.29, 1.82) is 0 Å². The molecule has 2 fully saturated rings. The van der Waals surface area contributed by atoms with E-state index in [0.29, 0.717) is 5.41 Å². The van der Waals surface area contributed by atoms with Crippen LogP contribution in [0.15, 0.2) is 28.7 Å². The van der Waals surface area contributed by atoms with Crippen LogP contribution in [-0.2, 0) is 4.79 Å². The van der Waals surface area contributed by atoms with Gasteiger partial charge in [-0.2, -0.15) is 0 Å². The smallest absolute Gasteiger partial charge is 0.263 e. The Labute approximate surface area is 165 Å². The third-order valence-electron chi connectivity index (χ3n) is 5.41. The van der Waals surface area contributed by atoms with Crippen molar-refractivity contribution in [2.45, 2.75) is 39.2 Å². The Morgan fingerprint density at radius 3 is 2.48 bits per heavy atom. The summed E-state index contributed by atoms with van der Waals surface area (Å²) >= 11 is 3.50. The highest BCUT2D eigenvalue weighted by atomic mass is 79.9. The van der Waals surface area contributed by atoms with E-state index in [2.05, 4.69) is 21.2 Å². The van der Waals surface area contributed by atoms with Gasteiger partial charge in [-0.15, -0.1) is 12.4 Å². The first-order valence-corrected chi connectivity index (χ1v) is 9.71. The van der Waals surface area contributed by atoms with Crippen LogP contribution in [0.25, 0.3) is 0 Å². The van der Waals surface area contributed by atoms with Gasteiger partial charge in [0.1, 0.15) is 5.75 Å². The largest absolute Gasteiger partial charge is 0.479 e. The van der Waals surface area contributed by atoms with Gasteiger partial charge in [-0.05, 0) is 65.2 Å². The molecule has 2 aliphatic heterocycles. The highest BCUT2D eigenvalue weighted by Gasteiger charge is 2.40. The van der Waals surface area contributed by atoms with Gasteiger partial charge < -0.3 is 15.0 Å². The summed E-state index contributed by atoms with van der Waals surface area (Å²) in [6.45, 7) is 8.02. The number of amides is 1. The highest BCUT2D eigenvalue weighted by molar-refractivity contribution is 9.10. The summed E-state index contributed by atoms with van der Waals surface area (Å²) in [5.41, 5.74) is 0.424. The van der Waals surface area contributed by atoms with Crippen molar-refractivity contribution in [3.05, 3.63) is 28.7 Å². The number of halogens is 2. The average Bonchev–Trinajstić information content (AvgIpc) is 3.02. The fourth-order valence-electron chi connectivity index (χ4n) is 3.75. The summed E-state index contributed by atoms with van der Waals surface area (Å²) in [7, 11) is 0. The number of hydrogen-bond acceptors (Lipinski definition) is 3. The van der Waals surface area contributed by atoms with E-state index in [1.165, 1.54) is 6.42 Å². The zero-order valence-electron chi connectivity index (χ0n) is 15.0. The Bertz CT molecular complexity index is 581. The van der Waals surface area contributed by atoms with Gasteiger partial charge >= 0.3 is 0 Å². The van der Waals surface area contributed by atoms with Crippen molar-refractivity contribution in [3.63, 3.8) is 0 Å². The van der Waals surface area contributed by atoms with E-state index in [4.69, 9.17) is 4.74 Å². The number of carbonyl (C=O) groups excluding carboxylic acids is 1. The minimum absolute atomic E-state index is 0. The van der Waals surface area contributed by atoms with Gasteiger partial charge in [0.15, 0.2) is 6.10 Å². The van der Waals surface area contributed by atoms with Gasteiger partial charge in [0, 0.05) is 19.6 Å². The third kappa shape index (κ3) is 4.69. The summed E-state index contributed by atoms with van der Waals surface area (Å²) in [5.74, 6) is 0.994. The van der Waals surface area contributed by atoms with Crippen LogP contribution in [-0.4, -0.2) is 43.1 Å². The zero-order valence-corrected chi connectivity index (χ0v) is 17.4. The fraction of sp³-hybridized carbons (Fsp3) is 0.632. The maximum Gasteiger partial charge on any atom is 0.263 e. The Morgan fingerprint density at radius 2 is 1.92 bits per heavy atom. The number of piperidine rings is 1. The molecule has 1 aromatic rings. The second-order valence-corrected chi connectivity index (χ2v) is 8.32. The lowest BCUT2D eigenvalue weighted by molar-refractivity contribution is -0.143. The molecular formula is C19H28BrClN2O2. The molecule has 140 valence electrons. The molecular weight excluding hydrogens is 404 g/mol. The van der Waals surface area contributed by atoms with E-state index in [-0.39, 0.29) is 24.2 Å². The van der Waals surface area contributed by atoms with Gasteiger partial charge in [-0.3, -0.25) is 4.79 Å². The molecule has 25 heavy (non-hydrogen) atoms. The first-order valence-electron chi connectivity index (χ1n) is 8.91. The Morgan fingerprint density at radius 1 is 1.24 bits per heavy atom. The molecule has 6 heteroatoms. The van der Waals surface area contributed by atoms with Crippen LogP contribution in [0.4, 0.5) is 0 Å². The summed E-state index contributed by atoms with van der Waals surface area (Å²) < 4.78 is 6.98. The van der Waals surface area contributed by atoms with Gasteiger partial charge in [-0.1, -0.05) is 26.0 Å². The van der Waals surface area contributed by atoms with Crippen LogP contribution in [0.3, 0.4) is 0 Å². The van der Waals surface area contributed by atoms with Gasteiger partial charge in [-0.25, -0.2) is 0 Å². The Balaban J connectivity index is 0.00000225. The van der Waals surface area contributed by atoms with Crippen molar-refractivity contribution in [1.82, 2.24) is 10.2 Å². The molecule has 1 N–H and O–H groups in total. The molecule has 4 nitrogen and oxygen atoms in total. The minimum atomic E-state index is -0.431. The zero-order chi connectivity index (χ0) is 17.2. The van der Waals surface area contributed by atoms with Crippen molar-refractivity contribution in [2.24, 2.45) is 11.3 Å². The molecule has 1 amide bonds. The van der Waals surface area contributed by atoms with E-state index < -0.39 is 6.10 Å². The molecule has 2 heterocycles. The summed E-state index contributed by atoms with van der Waals surface area (Å²) in [5, 5.41) is 3.47. The second kappa shape index (κ2) is 8.74. The first-order chi connectivity index (χ1) is 11.5. The SMILES string of the molecule is CC(C)C(Oc1ccccc1Br)C(=O)N1CCC2(CCNC2)CC1.Cl. The van der Waals surface area contributed by atoms with Crippen LogP contribution in [0.5, 0.6) is 5.75 Å². The van der Waals surface area contributed by atoms with E-state index >= 15 is 0 Å². The molecule has 0 radical (unpaired) electrons. The number of para-hydroxylation sites is 1. The topological polar surface area (TPSA) is 41.6 Å². The van der Waals surface area contributed by atoms with Gasteiger partial charge in [0.2, 0.25) is 0 Å². The molecule has 0 bridgehead atoms. The average molecular weight is 432 g/mol. The standard InChI is InChI=1S/C19H27BrN2O2.ClH/c1-14(2)17(24-16-6-4-3-5-15(16)20)18(23)22-11-8-19(9-12-22)7-10-21-13-19;/h3-6,14,17,21H,7-13H2,1-2H3;1H. The van der Waals surface area contributed by atoms with E-state index in [9.17, 15) is 4.79 Å². The lowest BCUT2D eigenvalue weighted by atomic mass is 9.77. The molecule has 0 aliphatic carbocycles. The molecule has 1 unspecified atom stereocenters. The number of likely N-dealkylation sites (tertiary alicyclic amines) is 1. The minimum Gasteiger partial charge on any atom is -0.479 e. The Hall–Kier alpha value is -0.780. The molecule has 1 aromatic carbocycles. The van der Waals surface area contributed by atoms with Gasteiger partial charge in [0.05, 0.1) is 4.47 Å². The van der Waals surface area contributed by atoms with E-state index in [1.807, 2.05) is 43.0 Å². The molecule has 0 saturated carbocycles. The monoisotopic (exact) mass is 430 g/mol. The molecule has 2 aliphatic rings. The molecule has 1 spiro atoms. The number of nitrogens with zero attached hydrogens (tertiary/aromatic N) is 1. The van der Waals surface area contributed by atoms with Gasteiger partial charge in [0.25, 0.3) is 5.91 Å². The molecule has 1 atom stereocenters. The Kier molecular flexibility index (Phi) is 7.18. The molecule has 0 aromatic heterocycles. The predicted octanol–water partition coefficient (Wildman–Crippen LogP) is 3.88. The molecule has 2 saturated heterocycles. The lowest BCUT2D eigenvalue weighted by Crippen LogP contribution is -2.50. The van der Waals surface area contributed by atoms with Crippen LogP contribution >= 0.6 is 28.3 Å².